The van der Waals surface area contributed by atoms with Crippen molar-refractivity contribution >= 4 is 10.9 Å². The van der Waals surface area contributed by atoms with E-state index in [1.807, 2.05) is 6.20 Å². The average Bonchev–Trinajstić information content (AvgIpc) is 3.37. The van der Waals surface area contributed by atoms with Crippen LogP contribution in [-0.2, 0) is 0 Å². The number of hydrogen-bond donors (Lipinski definition) is 1. The van der Waals surface area contributed by atoms with E-state index in [9.17, 15) is 0 Å². The summed E-state index contributed by atoms with van der Waals surface area (Å²) < 4.78 is 0. The van der Waals surface area contributed by atoms with Crippen LogP contribution in [0.2, 0.25) is 0 Å². The van der Waals surface area contributed by atoms with Crippen molar-refractivity contribution in [3.63, 3.8) is 0 Å². The molecular formula is C19H24N2. The first-order chi connectivity index (χ1) is 10.4. The fraction of sp³-hybridized carbons (Fsp3) is 0.526. The molecule has 0 spiro atoms. The zero-order valence-electron chi connectivity index (χ0n) is 12.6. The molecule has 21 heavy (non-hydrogen) atoms. The van der Waals surface area contributed by atoms with E-state index in [0.717, 1.165) is 17.5 Å². The van der Waals surface area contributed by atoms with Crippen LogP contribution in [0.25, 0.3) is 10.9 Å². The molecule has 2 aliphatic rings. The molecule has 2 atom stereocenters. The van der Waals surface area contributed by atoms with E-state index in [0.29, 0.717) is 5.92 Å². The van der Waals surface area contributed by atoms with Crippen molar-refractivity contribution in [1.82, 2.24) is 10.3 Å². The van der Waals surface area contributed by atoms with Crippen LogP contribution in [0.4, 0.5) is 0 Å². The van der Waals surface area contributed by atoms with Gasteiger partial charge in [0.25, 0.3) is 0 Å². The fourth-order valence-corrected chi connectivity index (χ4v) is 3.92. The highest BCUT2D eigenvalue weighted by Gasteiger charge is 2.29. The van der Waals surface area contributed by atoms with E-state index in [-0.39, 0.29) is 0 Å². The Labute approximate surface area is 127 Å². The fourth-order valence-electron chi connectivity index (χ4n) is 3.92. The van der Waals surface area contributed by atoms with Gasteiger partial charge in [0.05, 0.1) is 5.52 Å². The summed E-state index contributed by atoms with van der Waals surface area (Å²) in [6, 6.07) is 11.8. The summed E-state index contributed by atoms with van der Waals surface area (Å²) in [5.74, 6) is 1.50. The van der Waals surface area contributed by atoms with Crippen LogP contribution in [0, 0.1) is 5.92 Å². The van der Waals surface area contributed by atoms with Crippen molar-refractivity contribution in [3.05, 3.63) is 42.1 Å². The molecule has 2 aliphatic carbocycles. The number of fused-ring (bicyclic) bond motifs is 1. The number of hydrogen-bond acceptors (Lipinski definition) is 2. The number of nitrogens with zero attached hydrogens (tertiary/aromatic N) is 1. The van der Waals surface area contributed by atoms with Gasteiger partial charge in [-0.25, -0.2) is 0 Å². The van der Waals surface area contributed by atoms with Gasteiger partial charge in [0.2, 0.25) is 0 Å². The molecule has 0 bridgehead atoms. The summed E-state index contributed by atoms with van der Waals surface area (Å²) in [7, 11) is 0. The van der Waals surface area contributed by atoms with E-state index in [1.54, 1.807) is 0 Å². The summed E-state index contributed by atoms with van der Waals surface area (Å²) >= 11 is 0. The molecule has 0 amide bonds. The maximum atomic E-state index is 4.53. The highest BCUT2D eigenvalue weighted by atomic mass is 14.9. The molecule has 110 valence electrons. The van der Waals surface area contributed by atoms with Gasteiger partial charge in [0, 0.05) is 17.6 Å². The third-order valence-electron chi connectivity index (χ3n) is 5.23. The van der Waals surface area contributed by atoms with Crippen LogP contribution >= 0.6 is 0 Å². The van der Waals surface area contributed by atoms with Gasteiger partial charge in [-0.1, -0.05) is 31.0 Å². The maximum absolute atomic E-state index is 4.53. The van der Waals surface area contributed by atoms with Crippen LogP contribution in [0.3, 0.4) is 0 Å². The van der Waals surface area contributed by atoms with Crippen LogP contribution in [0.1, 0.15) is 50.0 Å². The maximum Gasteiger partial charge on any atom is 0.0704 e. The lowest BCUT2D eigenvalue weighted by molar-refractivity contribution is 0.296. The lowest BCUT2D eigenvalue weighted by atomic mass is 9.74. The minimum absolute atomic E-state index is 0.706. The second-order valence-corrected chi connectivity index (χ2v) is 6.75. The summed E-state index contributed by atoms with van der Waals surface area (Å²) in [5, 5.41) is 5.12. The van der Waals surface area contributed by atoms with Gasteiger partial charge >= 0.3 is 0 Å². The Kier molecular flexibility index (Phi) is 3.64. The predicted molar refractivity (Wildman–Crippen MR) is 87.5 cm³/mol. The first-order valence-electron chi connectivity index (χ1n) is 8.49. The molecule has 2 heteroatoms. The van der Waals surface area contributed by atoms with Crippen molar-refractivity contribution in [2.45, 2.75) is 50.5 Å². The summed E-state index contributed by atoms with van der Waals surface area (Å²) in [6.45, 7) is 1.20. The zero-order valence-corrected chi connectivity index (χ0v) is 12.6. The first-order valence-corrected chi connectivity index (χ1v) is 8.49. The Balaban J connectivity index is 1.63. The summed E-state index contributed by atoms with van der Waals surface area (Å²) in [4.78, 5) is 4.53. The van der Waals surface area contributed by atoms with Crippen LogP contribution < -0.4 is 5.32 Å². The van der Waals surface area contributed by atoms with Gasteiger partial charge in [-0.2, -0.15) is 0 Å². The second-order valence-electron chi connectivity index (χ2n) is 6.75. The van der Waals surface area contributed by atoms with Gasteiger partial charge in [0.15, 0.2) is 0 Å². The molecule has 2 unspecified atom stereocenters. The van der Waals surface area contributed by atoms with Crippen molar-refractivity contribution in [2.24, 2.45) is 5.92 Å². The molecular weight excluding hydrogens is 256 g/mol. The Morgan fingerprint density at radius 3 is 2.81 bits per heavy atom. The summed E-state index contributed by atoms with van der Waals surface area (Å²) in [6.07, 6.45) is 10.2. The summed E-state index contributed by atoms with van der Waals surface area (Å²) in [5.41, 5.74) is 2.68. The molecule has 0 radical (unpaired) electrons. The SMILES string of the molecule is c1cc(C2CCCCC2CNC2CC2)c2cccnc2c1. The number of aromatic nitrogens is 1. The Hall–Kier alpha value is -1.41. The van der Waals surface area contributed by atoms with Gasteiger partial charge in [-0.3, -0.25) is 4.98 Å². The topological polar surface area (TPSA) is 24.9 Å². The number of benzene rings is 1. The van der Waals surface area contributed by atoms with Crippen molar-refractivity contribution in [2.75, 3.05) is 6.54 Å². The van der Waals surface area contributed by atoms with Gasteiger partial charge < -0.3 is 5.32 Å². The van der Waals surface area contributed by atoms with E-state index < -0.39 is 0 Å². The zero-order chi connectivity index (χ0) is 14.1. The lowest BCUT2D eigenvalue weighted by Gasteiger charge is -2.33. The molecule has 2 saturated carbocycles. The monoisotopic (exact) mass is 280 g/mol. The van der Waals surface area contributed by atoms with Gasteiger partial charge in [-0.15, -0.1) is 0 Å². The minimum Gasteiger partial charge on any atom is -0.314 e. The van der Waals surface area contributed by atoms with Crippen molar-refractivity contribution in [3.8, 4) is 0 Å². The van der Waals surface area contributed by atoms with Crippen molar-refractivity contribution in [1.29, 1.82) is 0 Å². The van der Waals surface area contributed by atoms with Gasteiger partial charge in [0.1, 0.15) is 0 Å². The molecule has 2 nitrogen and oxygen atoms in total. The molecule has 1 N–H and O–H groups in total. The average molecular weight is 280 g/mol. The van der Waals surface area contributed by atoms with E-state index in [1.165, 1.54) is 56.0 Å². The normalized spacial score (nSPS) is 26.1. The molecule has 1 heterocycles. The van der Waals surface area contributed by atoms with Crippen LogP contribution in [0.5, 0.6) is 0 Å². The standard InChI is InChI=1S/C19H24N2/c1-2-6-16(14(5-1)13-21-15-10-11-15)17-7-3-9-19-18(17)8-4-12-20-19/h3-4,7-9,12,14-16,21H,1-2,5-6,10-11,13H2. The second kappa shape index (κ2) is 5.76. The minimum atomic E-state index is 0.706. The van der Waals surface area contributed by atoms with E-state index in [2.05, 4.69) is 40.6 Å². The smallest absolute Gasteiger partial charge is 0.0704 e. The third kappa shape index (κ3) is 2.82. The highest BCUT2D eigenvalue weighted by Crippen LogP contribution is 2.40. The number of rotatable bonds is 4. The van der Waals surface area contributed by atoms with Gasteiger partial charge in [-0.05, 0) is 61.8 Å². The Bertz CT molecular complexity index is 612. The molecule has 4 rings (SSSR count). The number of pyridine rings is 1. The third-order valence-corrected chi connectivity index (χ3v) is 5.23. The molecule has 1 aromatic heterocycles. The van der Waals surface area contributed by atoms with Crippen LogP contribution in [-0.4, -0.2) is 17.6 Å². The van der Waals surface area contributed by atoms with Crippen molar-refractivity contribution < 1.29 is 0 Å². The van der Waals surface area contributed by atoms with Crippen LogP contribution in [0.15, 0.2) is 36.5 Å². The van der Waals surface area contributed by atoms with E-state index >= 15 is 0 Å². The first kappa shape index (κ1) is 13.3. The highest BCUT2D eigenvalue weighted by molar-refractivity contribution is 5.82. The Morgan fingerprint density at radius 2 is 1.90 bits per heavy atom. The molecule has 0 saturated heterocycles. The lowest BCUT2D eigenvalue weighted by Crippen LogP contribution is -2.30. The quantitative estimate of drug-likeness (QED) is 0.905. The van der Waals surface area contributed by atoms with E-state index in [4.69, 9.17) is 0 Å². The molecule has 2 fully saturated rings. The largest absolute Gasteiger partial charge is 0.314 e. The number of nitrogens with one attached hydrogen (secondary N) is 1. The molecule has 0 aliphatic heterocycles. The Morgan fingerprint density at radius 1 is 1.00 bits per heavy atom. The molecule has 1 aromatic carbocycles. The predicted octanol–water partition coefficient (Wildman–Crippen LogP) is 4.26. The molecule has 2 aromatic rings.